The molecule has 2 amide bonds. The molecule has 33 heavy (non-hydrogen) atoms. The number of rotatable bonds is 3. The molecule has 0 radical (unpaired) electrons. The standard InChI is InChI=1S/C23H25F3IN3O3/c1-22(2,3)33-21(32)30-11-9-29(10-12-30)19-8-7-17(14-18(19)23(24,25)26)28-20(31)15-5-4-6-16(27)13-15/h4-8,13-14H,9-12H2,1-3H3,(H,28,31). The lowest BCUT2D eigenvalue weighted by Crippen LogP contribution is -2.50. The Balaban J connectivity index is 1.75. The number of carbonyl (C=O) groups is 2. The van der Waals surface area contributed by atoms with Crippen molar-refractivity contribution >= 4 is 46.0 Å². The Morgan fingerprint density at radius 3 is 2.24 bits per heavy atom. The highest BCUT2D eigenvalue weighted by Crippen LogP contribution is 2.38. The summed E-state index contributed by atoms with van der Waals surface area (Å²) in [4.78, 5) is 27.8. The first kappa shape index (κ1) is 25.1. The molecule has 0 atom stereocenters. The van der Waals surface area contributed by atoms with Crippen molar-refractivity contribution in [1.82, 2.24) is 4.90 Å². The van der Waals surface area contributed by atoms with Gasteiger partial charge in [0.15, 0.2) is 0 Å². The SMILES string of the molecule is CC(C)(C)OC(=O)N1CCN(c2ccc(NC(=O)c3cccc(I)c3)cc2C(F)(F)F)CC1. The average molecular weight is 575 g/mol. The first-order chi connectivity index (χ1) is 15.3. The second kappa shape index (κ2) is 9.78. The van der Waals surface area contributed by atoms with Crippen LogP contribution >= 0.6 is 22.6 Å². The highest BCUT2D eigenvalue weighted by atomic mass is 127. The van der Waals surface area contributed by atoms with Gasteiger partial charge in [0, 0.05) is 46.7 Å². The normalized spacial score (nSPS) is 14.8. The van der Waals surface area contributed by atoms with E-state index >= 15 is 0 Å². The van der Waals surface area contributed by atoms with Crippen LogP contribution in [0.1, 0.15) is 36.7 Å². The molecule has 2 aromatic carbocycles. The number of alkyl halides is 3. The second-order valence-electron chi connectivity index (χ2n) is 8.65. The second-order valence-corrected chi connectivity index (χ2v) is 9.89. The molecule has 1 heterocycles. The lowest BCUT2D eigenvalue weighted by Gasteiger charge is -2.37. The summed E-state index contributed by atoms with van der Waals surface area (Å²) < 4.78 is 47.8. The van der Waals surface area contributed by atoms with Crippen LogP contribution in [0.4, 0.5) is 29.3 Å². The minimum absolute atomic E-state index is 0.0126. The number of carbonyl (C=O) groups excluding carboxylic acids is 2. The molecule has 1 aliphatic rings. The highest BCUT2D eigenvalue weighted by molar-refractivity contribution is 14.1. The van der Waals surface area contributed by atoms with Gasteiger partial charge in [-0.3, -0.25) is 4.79 Å². The molecule has 0 aliphatic carbocycles. The predicted octanol–water partition coefficient (Wildman–Crippen LogP) is 5.62. The van der Waals surface area contributed by atoms with Crippen LogP contribution in [0.2, 0.25) is 0 Å². The molecule has 0 unspecified atom stereocenters. The van der Waals surface area contributed by atoms with Crippen molar-refractivity contribution in [2.75, 3.05) is 36.4 Å². The van der Waals surface area contributed by atoms with Gasteiger partial charge in [0.25, 0.3) is 5.91 Å². The third-order valence-corrected chi connectivity index (χ3v) is 5.59. The smallest absolute Gasteiger partial charge is 0.418 e. The zero-order chi connectivity index (χ0) is 24.4. The van der Waals surface area contributed by atoms with E-state index < -0.39 is 29.3 Å². The molecule has 2 aromatic rings. The van der Waals surface area contributed by atoms with Crippen LogP contribution in [0.25, 0.3) is 0 Å². The third-order valence-electron chi connectivity index (χ3n) is 4.92. The number of ether oxygens (including phenoxy) is 1. The van der Waals surface area contributed by atoms with Crippen LogP contribution < -0.4 is 10.2 Å². The number of nitrogens with zero attached hydrogens (tertiary/aromatic N) is 2. The van der Waals surface area contributed by atoms with Gasteiger partial charge < -0.3 is 19.9 Å². The molecule has 0 saturated carbocycles. The zero-order valence-electron chi connectivity index (χ0n) is 18.5. The monoisotopic (exact) mass is 575 g/mol. The topological polar surface area (TPSA) is 61.9 Å². The van der Waals surface area contributed by atoms with E-state index in [0.29, 0.717) is 5.56 Å². The average Bonchev–Trinajstić information content (AvgIpc) is 2.72. The van der Waals surface area contributed by atoms with Gasteiger partial charge in [-0.05, 0) is 79.8 Å². The van der Waals surface area contributed by atoms with Crippen LogP contribution in [0.5, 0.6) is 0 Å². The fourth-order valence-corrected chi connectivity index (χ4v) is 3.95. The Labute approximate surface area is 204 Å². The van der Waals surface area contributed by atoms with Crippen LogP contribution in [0, 0.1) is 3.57 Å². The van der Waals surface area contributed by atoms with Crippen molar-refractivity contribution in [1.29, 1.82) is 0 Å². The molecule has 0 bridgehead atoms. The van der Waals surface area contributed by atoms with Gasteiger partial charge in [-0.2, -0.15) is 13.2 Å². The summed E-state index contributed by atoms with van der Waals surface area (Å²) >= 11 is 2.06. The minimum Gasteiger partial charge on any atom is -0.444 e. The van der Waals surface area contributed by atoms with E-state index in [2.05, 4.69) is 27.9 Å². The van der Waals surface area contributed by atoms with Crippen molar-refractivity contribution in [3.05, 3.63) is 57.2 Å². The van der Waals surface area contributed by atoms with E-state index in [0.717, 1.165) is 9.64 Å². The van der Waals surface area contributed by atoms with Gasteiger partial charge >= 0.3 is 12.3 Å². The van der Waals surface area contributed by atoms with E-state index in [-0.39, 0.29) is 37.6 Å². The lowest BCUT2D eigenvalue weighted by molar-refractivity contribution is -0.137. The van der Waals surface area contributed by atoms with E-state index in [1.165, 1.54) is 17.0 Å². The molecular weight excluding hydrogens is 550 g/mol. The van der Waals surface area contributed by atoms with Crippen LogP contribution in [-0.4, -0.2) is 48.7 Å². The highest BCUT2D eigenvalue weighted by Gasteiger charge is 2.36. The maximum atomic E-state index is 13.9. The third kappa shape index (κ3) is 6.75. The fraction of sp³-hybridized carbons (Fsp3) is 0.391. The quantitative estimate of drug-likeness (QED) is 0.483. The number of nitrogens with one attached hydrogen (secondary N) is 1. The molecule has 3 rings (SSSR count). The molecular formula is C23H25F3IN3O3. The van der Waals surface area contributed by atoms with Gasteiger partial charge in [0.05, 0.1) is 5.56 Å². The van der Waals surface area contributed by atoms with Gasteiger partial charge in [0.1, 0.15) is 5.60 Å². The van der Waals surface area contributed by atoms with Gasteiger partial charge in [-0.25, -0.2) is 4.79 Å². The van der Waals surface area contributed by atoms with Crippen molar-refractivity contribution in [3.8, 4) is 0 Å². The number of piperazine rings is 1. The summed E-state index contributed by atoms with van der Waals surface area (Å²) in [5.41, 5.74) is -1.05. The molecule has 6 nitrogen and oxygen atoms in total. The summed E-state index contributed by atoms with van der Waals surface area (Å²) in [5.74, 6) is -0.486. The number of amides is 2. The van der Waals surface area contributed by atoms with Crippen molar-refractivity contribution in [3.63, 3.8) is 0 Å². The molecule has 1 fully saturated rings. The molecule has 10 heteroatoms. The first-order valence-corrected chi connectivity index (χ1v) is 11.4. The molecule has 0 spiro atoms. The predicted molar refractivity (Wildman–Crippen MR) is 129 cm³/mol. The molecule has 1 aliphatic heterocycles. The number of benzene rings is 2. The van der Waals surface area contributed by atoms with Gasteiger partial charge in [-0.15, -0.1) is 0 Å². The van der Waals surface area contributed by atoms with E-state index in [1.807, 2.05) is 6.07 Å². The lowest BCUT2D eigenvalue weighted by atomic mass is 10.1. The van der Waals surface area contributed by atoms with Crippen LogP contribution in [-0.2, 0) is 10.9 Å². The molecule has 1 saturated heterocycles. The fourth-order valence-electron chi connectivity index (χ4n) is 3.41. The number of anilines is 2. The zero-order valence-corrected chi connectivity index (χ0v) is 20.7. The first-order valence-electron chi connectivity index (χ1n) is 10.3. The maximum Gasteiger partial charge on any atom is 0.418 e. The van der Waals surface area contributed by atoms with Crippen molar-refractivity contribution in [2.24, 2.45) is 0 Å². The minimum atomic E-state index is -4.61. The van der Waals surface area contributed by atoms with Gasteiger partial charge in [-0.1, -0.05) is 6.07 Å². The van der Waals surface area contributed by atoms with Crippen LogP contribution in [0.15, 0.2) is 42.5 Å². The molecule has 1 N–H and O–H groups in total. The Hall–Kier alpha value is -2.50. The summed E-state index contributed by atoms with van der Waals surface area (Å²) in [6.07, 6.45) is -5.09. The Morgan fingerprint density at radius 1 is 1.00 bits per heavy atom. The van der Waals surface area contributed by atoms with E-state index in [4.69, 9.17) is 4.74 Å². The Morgan fingerprint density at radius 2 is 1.67 bits per heavy atom. The van der Waals surface area contributed by atoms with Crippen molar-refractivity contribution in [2.45, 2.75) is 32.5 Å². The van der Waals surface area contributed by atoms with Crippen molar-refractivity contribution < 1.29 is 27.5 Å². The molecule has 0 aromatic heterocycles. The van der Waals surface area contributed by atoms with E-state index in [1.54, 1.807) is 43.9 Å². The largest absolute Gasteiger partial charge is 0.444 e. The van der Waals surface area contributed by atoms with Gasteiger partial charge in [0.2, 0.25) is 0 Å². The van der Waals surface area contributed by atoms with E-state index in [9.17, 15) is 22.8 Å². The van der Waals surface area contributed by atoms with Crippen LogP contribution in [0.3, 0.4) is 0 Å². The summed E-state index contributed by atoms with van der Waals surface area (Å²) in [7, 11) is 0. The molecule has 178 valence electrons. The maximum absolute atomic E-state index is 13.9. The summed E-state index contributed by atoms with van der Waals surface area (Å²) in [6, 6.07) is 10.5. The summed E-state index contributed by atoms with van der Waals surface area (Å²) in [6.45, 7) is 6.24. The Bertz CT molecular complexity index is 1030. The Kier molecular flexibility index (Phi) is 7.45. The number of hydrogen-bond donors (Lipinski definition) is 1. The number of halogens is 4. The summed E-state index contributed by atoms with van der Waals surface area (Å²) in [5, 5.41) is 2.54. The number of hydrogen-bond acceptors (Lipinski definition) is 4.